The zero-order valence-corrected chi connectivity index (χ0v) is 9.57. The van der Waals surface area contributed by atoms with Crippen molar-refractivity contribution in [3.63, 3.8) is 0 Å². The molecule has 8 nitrogen and oxygen atoms in total. The van der Waals surface area contributed by atoms with E-state index < -0.39 is 0 Å². The maximum Gasteiger partial charge on any atom is 0.263 e. The van der Waals surface area contributed by atoms with Gasteiger partial charge in [0, 0.05) is 11.6 Å². The van der Waals surface area contributed by atoms with Crippen LogP contribution in [0.25, 0.3) is 0 Å². The van der Waals surface area contributed by atoms with Crippen LogP contribution in [0, 0.1) is 6.92 Å². The molecule has 5 N–H and O–H groups in total. The normalized spacial score (nSPS) is 10.9. The van der Waals surface area contributed by atoms with E-state index in [0.717, 1.165) is 0 Å². The minimum Gasteiger partial charge on any atom is -0.508 e. The summed E-state index contributed by atoms with van der Waals surface area (Å²) in [7, 11) is 0. The highest BCUT2D eigenvalue weighted by Gasteiger charge is 2.05. The molecule has 1 heterocycles. The molecule has 0 saturated heterocycles. The largest absolute Gasteiger partial charge is 0.508 e. The zero-order valence-electron chi connectivity index (χ0n) is 9.57. The number of hydrazone groups is 1. The molecule has 2 rings (SSSR count). The second-order valence-electron chi connectivity index (χ2n) is 3.63. The Morgan fingerprint density at radius 3 is 2.83 bits per heavy atom. The number of rotatable bonds is 3. The molecular weight excluding hydrogens is 236 g/mol. The number of nitrogens with two attached hydrogens (primary N) is 1. The lowest BCUT2D eigenvalue weighted by molar-refractivity contribution is 0.449. The van der Waals surface area contributed by atoms with E-state index in [0.29, 0.717) is 11.1 Å². The highest BCUT2D eigenvalue weighted by atomic mass is 16.3. The number of aryl methyl sites for hydroxylation is 1. The van der Waals surface area contributed by atoms with Crippen LogP contribution in [0.15, 0.2) is 23.6 Å². The van der Waals surface area contributed by atoms with Crippen molar-refractivity contribution < 1.29 is 10.2 Å². The smallest absolute Gasteiger partial charge is 0.263 e. The number of phenols is 2. The van der Waals surface area contributed by atoms with Crippen molar-refractivity contribution in [2.75, 3.05) is 11.3 Å². The molecule has 2 aromatic rings. The van der Waals surface area contributed by atoms with E-state index in [4.69, 9.17) is 5.84 Å². The van der Waals surface area contributed by atoms with Crippen LogP contribution in [0.4, 0.5) is 5.95 Å². The van der Waals surface area contributed by atoms with Crippen LogP contribution >= 0.6 is 0 Å². The first-order valence-corrected chi connectivity index (χ1v) is 5.04. The first kappa shape index (κ1) is 11.7. The molecule has 0 atom stereocenters. The standard InChI is InChI=1S/C10H12N6O2/c1-6-2-7(17)3-9(18)8(6)4-12-14-10-15-13-5-16(10)11/h2-5,17-18H,11H2,1H3,(H,14,15)/b12-4-. The van der Waals surface area contributed by atoms with Gasteiger partial charge in [-0.1, -0.05) is 0 Å². The van der Waals surface area contributed by atoms with Gasteiger partial charge < -0.3 is 16.1 Å². The zero-order chi connectivity index (χ0) is 13.1. The minimum absolute atomic E-state index is 0.00295. The molecule has 1 aromatic carbocycles. The number of benzene rings is 1. The Hall–Kier alpha value is -2.77. The minimum atomic E-state index is -0.0627. The monoisotopic (exact) mass is 248 g/mol. The third kappa shape index (κ3) is 2.32. The number of hydrogen-bond acceptors (Lipinski definition) is 7. The van der Waals surface area contributed by atoms with Crippen LogP contribution in [-0.4, -0.2) is 31.3 Å². The number of hydrogen-bond donors (Lipinski definition) is 4. The Balaban J connectivity index is 2.17. The number of aromatic hydroxyl groups is 2. The van der Waals surface area contributed by atoms with E-state index >= 15 is 0 Å². The van der Waals surface area contributed by atoms with Gasteiger partial charge in [0.25, 0.3) is 5.95 Å². The lowest BCUT2D eigenvalue weighted by Crippen LogP contribution is -2.10. The molecule has 0 spiro atoms. The molecule has 1 aromatic heterocycles. The van der Waals surface area contributed by atoms with Crippen LogP contribution in [0.1, 0.15) is 11.1 Å². The highest BCUT2D eigenvalue weighted by Crippen LogP contribution is 2.25. The summed E-state index contributed by atoms with van der Waals surface area (Å²) in [6, 6.07) is 2.76. The Bertz CT molecular complexity index is 569. The average Bonchev–Trinajstić information content (AvgIpc) is 2.68. The fourth-order valence-corrected chi connectivity index (χ4v) is 1.41. The number of aromatic nitrogens is 3. The Kier molecular flexibility index (Phi) is 3.00. The summed E-state index contributed by atoms with van der Waals surface area (Å²) >= 11 is 0. The van der Waals surface area contributed by atoms with E-state index in [1.807, 2.05) is 0 Å². The molecule has 0 aliphatic carbocycles. The van der Waals surface area contributed by atoms with Crippen molar-refractivity contribution in [1.82, 2.24) is 14.9 Å². The number of nitrogen functional groups attached to an aromatic ring is 1. The van der Waals surface area contributed by atoms with Gasteiger partial charge >= 0.3 is 0 Å². The van der Waals surface area contributed by atoms with Crippen LogP contribution in [0.3, 0.4) is 0 Å². The number of nitrogens with zero attached hydrogens (tertiary/aromatic N) is 4. The second-order valence-corrected chi connectivity index (χ2v) is 3.63. The number of nitrogens with one attached hydrogen (secondary N) is 1. The van der Waals surface area contributed by atoms with Gasteiger partial charge in [0.15, 0.2) is 0 Å². The van der Waals surface area contributed by atoms with E-state index in [9.17, 15) is 10.2 Å². The fourth-order valence-electron chi connectivity index (χ4n) is 1.41. The summed E-state index contributed by atoms with van der Waals surface area (Å²) in [6.07, 6.45) is 2.72. The third-order valence-corrected chi connectivity index (χ3v) is 2.28. The SMILES string of the molecule is Cc1cc(O)cc(O)c1/C=N\Nc1nncn1N. The summed E-state index contributed by atoms with van der Waals surface area (Å²) in [6.45, 7) is 1.74. The van der Waals surface area contributed by atoms with Gasteiger partial charge in [-0.15, -0.1) is 10.2 Å². The lowest BCUT2D eigenvalue weighted by Gasteiger charge is -2.04. The van der Waals surface area contributed by atoms with Gasteiger partial charge in [0.05, 0.1) is 6.21 Å². The second kappa shape index (κ2) is 4.62. The Morgan fingerprint density at radius 1 is 1.44 bits per heavy atom. The fraction of sp³-hybridized carbons (Fsp3) is 0.100. The molecule has 0 saturated carbocycles. The van der Waals surface area contributed by atoms with Crippen molar-refractivity contribution >= 4 is 12.2 Å². The maximum atomic E-state index is 9.65. The molecular formula is C10H12N6O2. The summed E-state index contributed by atoms with van der Waals surface area (Å²) in [5, 5.41) is 30.0. The molecule has 0 radical (unpaired) electrons. The summed E-state index contributed by atoms with van der Waals surface area (Å²) in [5.74, 6) is 5.67. The third-order valence-electron chi connectivity index (χ3n) is 2.28. The lowest BCUT2D eigenvalue weighted by atomic mass is 10.1. The predicted molar refractivity (Wildman–Crippen MR) is 65.9 cm³/mol. The summed E-state index contributed by atoms with van der Waals surface area (Å²) in [4.78, 5) is 0. The van der Waals surface area contributed by atoms with Gasteiger partial charge in [0.2, 0.25) is 0 Å². The number of anilines is 1. The van der Waals surface area contributed by atoms with Crippen molar-refractivity contribution in [3.8, 4) is 11.5 Å². The quantitative estimate of drug-likeness (QED) is 0.348. The molecule has 0 aliphatic rings. The van der Waals surface area contributed by atoms with Crippen LogP contribution < -0.4 is 11.3 Å². The molecule has 0 amide bonds. The maximum absolute atomic E-state index is 9.65. The Morgan fingerprint density at radius 2 is 2.22 bits per heavy atom. The van der Waals surface area contributed by atoms with Crippen LogP contribution in [-0.2, 0) is 0 Å². The first-order chi connectivity index (χ1) is 8.58. The average molecular weight is 248 g/mol. The van der Waals surface area contributed by atoms with Gasteiger partial charge in [0.1, 0.15) is 17.8 Å². The van der Waals surface area contributed by atoms with Crippen molar-refractivity contribution in [3.05, 3.63) is 29.6 Å². The van der Waals surface area contributed by atoms with E-state index in [1.165, 1.54) is 29.4 Å². The van der Waals surface area contributed by atoms with Gasteiger partial charge in [-0.3, -0.25) is 0 Å². The highest BCUT2D eigenvalue weighted by molar-refractivity contribution is 5.86. The van der Waals surface area contributed by atoms with E-state index in [2.05, 4.69) is 20.7 Å². The molecule has 0 bridgehead atoms. The van der Waals surface area contributed by atoms with Crippen LogP contribution in [0.2, 0.25) is 0 Å². The van der Waals surface area contributed by atoms with Gasteiger partial charge in [-0.05, 0) is 18.6 Å². The van der Waals surface area contributed by atoms with Gasteiger partial charge in [-0.25, -0.2) is 10.1 Å². The van der Waals surface area contributed by atoms with Crippen molar-refractivity contribution in [1.29, 1.82) is 0 Å². The first-order valence-electron chi connectivity index (χ1n) is 5.04. The van der Waals surface area contributed by atoms with E-state index in [1.54, 1.807) is 6.92 Å². The molecule has 0 aliphatic heterocycles. The van der Waals surface area contributed by atoms with Crippen molar-refractivity contribution in [2.45, 2.75) is 6.92 Å². The number of phenolic OH excluding ortho intramolecular Hbond substituents is 2. The molecule has 8 heteroatoms. The Labute approximate surface area is 102 Å². The molecule has 18 heavy (non-hydrogen) atoms. The molecule has 0 unspecified atom stereocenters. The van der Waals surface area contributed by atoms with Gasteiger partial charge in [-0.2, -0.15) is 5.10 Å². The summed E-state index contributed by atoms with van der Waals surface area (Å²) in [5.41, 5.74) is 3.75. The van der Waals surface area contributed by atoms with E-state index in [-0.39, 0.29) is 17.4 Å². The topological polar surface area (TPSA) is 122 Å². The predicted octanol–water partition coefficient (Wildman–Crippen LogP) is 0.158. The molecule has 94 valence electrons. The summed E-state index contributed by atoms with van der Waals surface area (Å²) < 4.78 is 1.17. The van der Waals surface area contributed by atoms with Crippen molar-refractivity contribution in [2.24, 2.45) is 5.10 Å². The van der Waals surface area contributed by atoms with Crippen LogP contribution in [0.5, 0.6) is 11.5 Å². The molecule has 0 fully saturated rings.